The van der Waals surface area contributed by atoms with Crippen molar-refractivity contribution in [2.24, 2.45) is 16.8 Å². The van der Waals surface area contributed by atoms with Crippen molar-refractivity contribution in [3.05, 3.63) is 27.9 Å². The standard InChI is InChI=1S/C20H22N8O5S4.2ClH/c21-3-11(8-1-2-8)33-27-12(10-6-35-19(22)24-10)15(29)25-13-16(30)28-14(18(31)32)9(4-34-17(13)28)5-36-20-26-23-7-37-20;;/h6-8,11,13,17H,1-5,21H2,(H2,22,24)(H,25,29)(H,31,32);2*1H/t11?,13?,17-;;/m0../s1. The second kappa shape index (κ2) is 13.5. The van der Waals surface area contributed by atoms with Gasteiger partial charge in [0.1, 0.15) is 34.4 Å². The summed E-state index contributed by atoms with van der Waals surface area (Å²) < 4.78 is 0.708. The number of nitrogens with one attached hydrogen (secondary N) is 1. The van der Waals surface area contributed by atoms with Crippen LogP contribution in [0.3, 0.4) is 0 Å². The van der Waals surface area contributed by atoms with E-state index in [1.807, 2.05) is 0 Å². The van der Waals surface area contributed by atoms with Gasteiger partial charge in [-0.3, -0.25) is 14.5 Å². The maximum Gasteiger partial charge on any atom is 0.352 e. The van der Waals surface area contributed by atoms with Gasteiger partial charge in [0.2, 0.25) is 0 Å². The lowest BCUT2D eigenvalue weighted by Crippen LogP contribution is -2.71. The van der Waals surface area contributed by atoms with Gasteiger partial charge >= 0.3 is 5.97 Å². The molecule has 13 nitrogen and oxygen atoms in total. The summed E-state index contributed by atoms with van der Waals surface area (Å²) in [5.41, 5.74) is 13.8. The Bertz CT molecular complexity index is 1270. The fourth-order valence-corrected chi connectivity index (χ4v) is 7.41. The Balaban J connectivity index is 0.00000210. The second-order valence-corrected chi connectivity index (χ2v) is 12.4. The molecule has 0 aromatic carbocycles. The highest BCUT2D eigenvalue weighted by atomic mass is 35.5. The number of carboxylic acid groups (broad SMARTS) is 1. The number of carbonyl (C=O) groups is 3. The van der Waals surface area contributed by atoms with Crippen molar-refractivity contribution < 1.29 is 24.3 Å². The van der Waals surface area contributed by atoms with Crippen LogP contribution in [-0.4, -0.2) is 84.3 Å². The Morgan fingerprint density at radius 3 is 2.69 bits per heavy atom. The molecule has 212 valence electrons. The van der Waals surface area contributed by atoms with Crippen molar-refractivity contribution in [1.82, 2.24) is 25.4 Å². The van der Waals surface area contributed by atoms with Gasteiger partial charge in [0, 0.05) is 23.4 Å². The minimum Gasteiger partial charge on any atom is -0.477 e. The molecule has 2 aromatic rings. The molecule has 0 bridgehead atoms. The van der Waals surface area contributed by atoms with Crippen LogP contribution in [0.1, 0.15) is 18.5 Å². The van der Waals surface area contributed by atoms with E-state index in [0.29, 0.717) is 27.3 Å². The molecule has 0 radical (unpaired) electrons. The maximum absolute atomic E-state index is 13.2. The first-order valence-electron chi connectivity index (χ1n) is 11.1. The highest BCUT2D eigenvalue weighted by Crippen LogP contribution is 2.41. The number of nitrogens with two attached hydrogens (primary N) is 2. The molecule has 2 amide bonds. The number of oxime groups is 1. The van der Waals surface area contributed by atoms with Crippen molar-refractivity contribution in [3.63, 3.8) is 0 Å². The van der Waals surface area contributed by atoms with Crippen LogP contribution in [0.25, 0.3) is 0 Å². The van der Waals surface area contributed by atoms with Crippen molar-refractivity contribution in [2.75, 3.05) is 23.8 Å². The number of rotatable bonds is 11. The van der Waals surface area contributed by atoms with Crippen molar-refractivity contribution in [1.29, 1.82) is 0 Å². The Kier molecular flexibility index (Phi) is 10.8. The summed E-state index contributed by atoms with van der Waals surface area (Å²) in [6, 6.07) is -0.931. The molecule has 5 rings (SSSR count). The number of halogens is 2. The highest BCUT2D eigenvalue weighted by Gasteiger charge is 2.54. The van der Waals surface area contributed by atoms with Gasteiger partial charge in [-0.05, 0) is 24.3 Å². The SMILES string of the molecule is Cl.Cl.NCC(ON=C(C(=O)NC1C(=O)N2C(C(=O)O)=C(CSc3nncs3)CS[C@@H]12)c1csc(N)n1)C1CC1. The van der Waals surface area contributed by atoms with Crippen LogP contribution in [0.15, 0.2) is 31.7 Å². The molecule has 1 saturated carbocycles. The third kappa shape index (κ3) is 6.78. The summed E-state index contributed by atoms with van der Waals surface area (Å²) in [4.78, 5) is 49.3. The van der Waals surface area contributed by atoms with Crippen LogP contribution in [0.4, 0.5) is 5.13 Å². The number of carboxylic acids is 1. The number of hydrogen-bond donors (Lipinski definition) is 4. The first-order chi connectivity index (χ1) is 17.9. The van der Waals surface area contributed by atoms with Crippen molar-refractivity contribution in [2.45, 2.75) is 34.7 Å². The van der Waals surface area contributed by atoms with Gasteiger partial charge in [-0.15, -0.1) is 58.1 Å². The Morgan fingerprint density at radius 2 is 2.10 bits per heavy atom. The van der Waals surface area contributed by atoms with E-state index in [-0.39, 0.29) is 59.7 Å². The van der Waals surface area contributed by atoms with Crippen LogP contribution < -0.4 is 16.8 Å². The van der Waals surface area contributed by atoms with E-state index in [2.05, 4.69) is 25.7 Å². The summed E-state index contributed by atoms with van der Waals surface area (Å²) >= 11 is 5.24. The first-order valence-corrected chi connectivity index (χ1v) is 14.9. The number of anilines is 1. The molecule has 2 aliphatic heterocycles. The molecule has 4 heterocycles. The molecule has 1 saturated heterocycles. The number of aliphatic carboxylic acids is 1. The van der Waals surface area contributed by atoms with Crippen LogP contribution in [0.5, 0.6) is 0 Å². The number of carbonyl (C=O) groups excluding carboxylic acids is 2. The summed E-state index contributed by atoms with van der Waals surface area (Å²) in [5, 5.41) is 25.6. The second-order valence-electron chi connectivity index (χ2n) is 8.34. The molecule has 3 atom stereocenters. The minimum absolute atomic E-state index is 0. The molecular weight excluding hydrogens is 631 g/mol. The van der Waals surface area contributed by atoms with Crippen LogP contribution in [0.2, 0.25) is 0 Å². The number of nitrogens with zero attached hydrogens (tertiary/aromatic N) is 5. The summed E-state index contributed by atoms with van der Waals surface area (Å²) in [6.07, 6.45) is 1.64. The molecule has 3 aliphatic rings. The molecule has 0 spiro atoms. The molecule has 1 aliphatic carbocycles. The van der Waals surface area contributed by atoms with Gasteiger partial charge in [0.15, 0.2) is 15.2 Å². The molecule has 2 aromatic heterocycles. The predicted molar refractivity (Wildman–Crippen MR) is 155 cm³/mol. The predicted octanol–water partition coefficient (Wildman–Crippen LogP) is 1.41. The molecule has 2 fully saturated rings. The van der Waals surface area contributed by atoms with E-state index in [9.17, 15) is 19.5 Å². The lowest BCUT2D eigenvalue weighted by molar-refractivity contribution is -0.150. The van der Waals surface area contributed by atoms with Crippen molar-refractivity contribution in [3.8, 4) is 0 Å². The monoisotopic (exact) mass is 654 g/mol. The van der Waals surface area contributed by atoms with Crippen LogP contribution in [0, 0.1) is 5.92 Å². The van der Waals surface area contributed by atoms with Crippen molar-refractivity contribution >= 4 is 99.6 Å². The lowest BCUT2D eigenvalue weighted by atomic mass is 10.0. The first kappa shape index (κ1) is 31.4. The highest BCUT2D eigenvalue weighted by molar-refractivity contribution is 8.01. The van der Waals surface area contributed by atoms with Gasteiger partial charge in [-0.1, -0.05) is 28.3 Å². The minimum atomic E-state index is -1.20. The smallest absolute Gasteiger partial charge is 0.352 e. The number of thioether (sulfide) groups is 2. The normalized spacial score (nSPS) is 21.2. The number of nitrogen functional groups attached to an aromatic ring is 1. The average molecular weight is 656 g/mol. The van der Waals surface area contributed by atoms with Gasteiger partial charge < -0.3 is 26.7 Å². The third-order valence-corrected chi connectivity index (χ3v) is 9.85. The lowest BCUT2D eigenvalue weighted by Gasteiger charge is -2.49. The van der Waals surface area contributed by atoms with Crippen LogP contribution in [-0.2, 0) is 19.2 Å². The topological polar surface area (TPSA) is 199 Å². The zero-order valence-corrected chi connectivity index (χ0v) is 24.8. The van der Waals surface area contributed by atoms with E-state index in [1.54, 1.807) is 10.9 Å². The molecule has 2 unspecified atom stereocenters. The Morgan fingerprint density at radius 1 is 1.33 bits per heavy atom. The van der Waals surface area contributed by atoms with Gasteiger partial charge in [-0.25, -0.2) is 9.78 Å². The van der Waals surface area contributed by atoms with Crippen LogP contribution >= 0.6 is 71.0 Å². The molecule has 19 heteroatoms. The number of amides is 2. The number of hydrogen-bond acceptors (Lipinski definition) is 14. The fraction of sp³-hybridized carbons (Fsp3) is 0.450. The number of β-lactam (4-membered cyclic amide) rings is 1. The number of aromatic nitrogens is 3. The molecule has 6 N–H and O–H groups in total. The van der Waals surface area contributed by atoms with E-state index < -0.39 is 29.2 Å². The quantitative estimate of drug-likeness (QED) is 0.118. The number of fused-ring (bicyclic) bond motifs is 1. The summed E-state index contributed by atoms with van der Waals surface area (Å²) in [6.45, 7) is 0.251. The zero-order chi connectivity index (χ0) is 26.1. The summed E-state index contributed by atoms with van der Waals surface area (Å²) in [5.74, 6) is -1.34. The number of thiazole rings is 1. The van der Waals surface area contributed by atoms with Gasteiger partial charge in [-0.2, -0.15) is 0 Å². The third-order valence-electron chi connectivity index (χ3n) is 5.89. The van der Waals surface area contributed by atoms with E-state index in [1.165, 1.54) is 39.8 Å². The molecular formula is C20H24Cl2N8O5S4. The Labute approximate surface area is 251 Å². The largest absolute Gasteiger partial charge is 0.477 e. The van der Waals surface area contributed by atoms with E-state index >= 15 is 0 Å². The fourth-order valence-electron chi connectivity index (χ4n) is 3.89. The Hall–Kier alpha value is -2.15. The zero-order valence-electron chi connectivity index (χ0n) is 19.9. The molecule has 39 heavy (non-hydrogen) atoms. The summed E-state index contributed by atoms with van der Waals surface area (Å²) in [7, 11) is 0. The average Bonchev–Trinajstić information content (AvgIpc) is 3.41. The maximum atomic E-state index is 13.2. The van der Waals surface area contributed by atoms with Gasteiger partial charge in [0.25, 0.3) is 11.8 Å². The van der Waals surface area contributed by atoms with Gasteiger partial charge in [0.05, 0.1) is 0 Å². The van der Waals surface area contributed by atoms with E-state index in [4.69, 9.17) is 16.3 Å². The van der Waals surface area contributed by atoms with E-state index in [0.717, 1.165) is 24.2 Å².